The number of rotatable bonds is 13. The van der Waals surface area contributed by atoms with E-state index in [2.05, 4.69) is 29.8 Å². The van der Waals surface area contributed by atoms with Crippen molar-refractivity contribution in [2.24, 2.45) is 0 Å². The van der Waals surface area contributed by atoms with Crippen LogP contribution in [0.3, 0.4) is 0 Å². The molecule has 70 heavy (non-hydrogen) atoms. The van der Waals surface area contributed by atoms with E-state index in [1.54, 1.807) is 49.3 Å². The van der Waals surface area contributed by atoms with Crippen LogP contribution in [0.2, 0.25) is 0 Å². The van der Waals surface area contributed by atoms with Gasteiger partial charge in [-0.1, -0.05) is 83.3 Å². The van der Waals surface area contributed by atoms with Gasteiger partial charge in [-0.3, -0.25) is 4.79 Å². The van der Waals surface area contributed by atoms with Crippen LogP contribution in [-0.4, -0.2) is 73.5 Å². The Bertz CT molecular complexity index is 3360. The van der Waals surface area contributed by atoms with Crippen LogP contribution in [0.25, 0.3) is 22.5 Å². The number of anilines is 2. The van der Waals surface area contributed by atoms with Gasteiger partial charge in [-0.15, -0.1) is 12.4 Å². The Morgan fingerprint density at radius 2 is 1.11 bits per heavy atom. The fourth-order valence-electron chi connectivity index (χ4n) is 8.48. The Balaban J connectivity index is 0.000000186. The maximum absolute atomic E-state index is 13.4. The zero-order chi connectivity index (χ0) is 48.3. The molecule has 364 valence electrons. The lowest BCUT2D eigenvalue weighted by molar-refractivity contribution is -0.114. The van der Waals surface area contributed by atoms with Gasteiger partial charge in [0.1, 0.15) is 11.6 Å². The summed E-state index contributed by atoms with van der Waals surface area (Å²) in [5.41, 5.74) is 15.6. The molecule has 2 aliphatic heterocycles. The number of nitrogens with zero attached hydrogens (tertiary/aromatic N) is 8. The molecule has 8 aromatic rings. The zero-order valence-electron chi connectivity index (χ0n) is 37.6. The average Bonchev–Trinajstić information content (AvgIpc) is 4.20. The summed E-state index contributed by atoms with van der Waals surface area (Å²) < 4.78 is 86.8. The molecule has 0 saturated carbocycles. The van der Waals surface area contributed by atoms with Gasteiger partial charge >= 0.3 is 0 Å². The summed E-state index contributed by atoms with van der Waals surface area (Å²) in [6.07, 6.45) is 12.4. The topological polar surface area (TPSA) is 191 Å². The molecular formula is C48H47ClF2N10O5S4. The summed E-state index contributed by atoms with van der Waals surface area (Å²) >= 11 is 1.92. The lowest BCUT2D eigenvalue weighted by Crippen LogP contribution is -2.36. The fraction of sp³-hybridized carbons (Fsp3) is 0.229. The van der Waals surface area contributed by atoms with E-state index in [0.29, 0.717) is 45.4 Å². The van der Waals surface area contributed by atoms with Gasteiger partial charge in [0.2, 0.25) is 5.91 Å². The van der Waals surface area contributed by atoms with E-state index in [1.165, 1.54) is 52.2 Å². The molecule has 3 N–H and O–H groups in total. The van der Waals surface area contributed by atoms with E-state index >= 15 is 0 Å². The second-order valence-electron chi connectivity index (χ2n) is 16.4. The molecule has 15 nitrogen and oxygen atoms in total. The van der Waals surface area contributed by atoms with Crippen LogP contribution in [0.5, 0.6) is 0 Å². The van der Waals surface area contributed by atoms with Gasteiger partial charge in [0.25, 0.3) is 20.0 Å². The van der Waals surface area contributed by atoms with Gasteiger partial charge in [-0.2, -0.15) is 8.61 Å². The third-order valence-electron chi connectivity index (χ3n) is 12.0. The maximum Gasteiger partial charge on any atom is 0.254 e. The minimum atomic E-state index is -3.78. The number of hydrogen-bond donors (Lipinski definition) is 2. The van der Waals surface area contributed by atoms with Gasteiger partial charge in [-0.25, -0.2) is 45.6 Å². The van der Waals surface area contributed by atoms with E-state index in [0.717, 1.165) is 85.0 Å². The van der Waals surface area contributed by atoms with E-state index in [1.807, 2.05) is 41.0 Å². The van der Waals surface area contributed by atoms with Crippen LogP contribution in [0.15, 0.2) is 131 Å². The molecule has 0 bridgehead atoms. The molecule has 1 amide bonds. The predicted octanol–water partition coefficient (Wildman–Crippen LogP) is 8.23. The van der Waals surface area contributed by atoms with Crippen molar-refractivity contribution in [2.75, 3.05) is 24.1 Å². The van der Waals surface area contributed by atoms with Gasteiger partial charge in [0.15, 0.2) is 18.7 Å². The number of sulfonamides is 2. The number of benzene rings is 4. The van der Waals surface area contributed by atoms with Crippen molar-refractivity contribution < 1.29 is 30.4 Å². The summed E-state index contributed by atoms with van der Waals surface area (Å²) in [6, 6.07) is 25.0. The van der Waals surface area contributed by atoms with Crippen molar-refractivity contribution in [1.29, 1.82) is 0 Å². The van der Waals surface area contributed by atoms with E-state index in [-0.39, 0.29) is 61.7 Å². The molecule has 0 atom stereocenters. The molecule has 22 heteroatoms. The average molecular weight is 1050 g/mol. The highest BCUT2D eigenvalue weighted by molar-refractivity contribution is 7.91. The van der Waals surface area contributed by atoms with Crippen LogP contribution in [-0.2, 0) is 76.7 Å². The maximum atomic E-state index is 13.4. The highest BCUT2D eigenvalue weighted by Crippen LogP contribution is 2.36. The van der Waals surface area contributed by atoms with Crippen molar-refractivity contribution in [3.05, 3.63) is 167 Å². The van der Waals surface area contributed by atoms with Crippen molar-refractivity contribution in [3.63, 3.8) is 0 Å². The molecule has 0 aliphatic carbocycles. The number of amides is 1. The Morgan fingerprint density at radius 1 is 0.657 bits per heavy atom. The van der Waals surface area contributed by atoms with Crippen molar-refractivity contribution in [1.82, 2.24) is 37.7 Å². The molecule has 0 saturated heterocycles. The van der Waals surface area contributed by atoms with E-state index < -0.39 is 20.0 Å². The predicted molar refractivity (Wildman–Crippen MR) is 268 cm³/mol. The first-order chi connectivity index (χ1) is 33.2. The minimum absolute atomic E-state index is 0. The monoisotopic (exact) mass is 1040 g/mol. The zero-order valence-corrected chi connectivity index (χ0v) is 41.7. The van der Waals surface area contributed by atoms with Gasteiger partial charge in [0.05, 0.1) is 48.8 Å². The molecule has 2 aliphatic rings. The summed E-state index contributed by atoms with van der Waals surface area (Å²) in [5.74, 6) is -0.818. The van der Waals surface area contributed by atoms with E-state index in [4.69, 9.17) is 5.73 Å². The van der Waals surface area contributed by atoms with Gasteiger partial charge in [-0.05, 0) is 83.3 Å². The first kappa shape index (κ1) is 50.2. The normalized spacial score (nSPS) is 13.9. The molecular weight excluding hydrogens is 998 g/mol. The Labute approximate surface area is 418 Å². The number of thiazole rings is 2. The molecule has 0 unspecified atom stereocenters. The third kappa shape index (κ3) is 11.0. The minimum Gasteiger partial charge on any atom is -0.375 e. The summed E-state index contributed by atoms with van der Waals surface area (Å²) in [7, 11) is -7.45. The van der Waals surface area contributed by atoms with Crippen molar-refractivity contribution in [2.45, 2.75) is 67.2 Å². The smallest absolute Gasteiger partial charge is 0.254 e. The quantitative estimate of drug-likeness (QED) is 0.114. The number of nitrogens with one attached hydrogen (secondary N) is 1. The molecule has 0 fully saturated rings. The number of fused-ring (bicyclic) bond motifs is 2. The van der Waals surface area contributed by atoms with E-state index in [9.17, 15) is 30.4 Å². The molecule has 4 aromatic heterocycles. The Hall–Kier alpha value is -6.20. The van der Waals surface area contributed by atoms with Crippen LogP contribution >= 0.6 is 35.1 Å². The highest BCUT2D eigenvalue weighted by atomic mass is 35.5. The van der Waals surface area contributed by atoms with Crippen LogP contribution in [0.1, 0.15) is 40.3 Å². The Morgan fingerprint density at radius 3 is 1.56 bits per heavy atom. The van der Waals surface area contributed by atoms with Crippen LogP contribution < -0.4 is 11.1 Å². The molecule has 0 radical (unpaired) electrons. The lowest BCUT2D eigenvalue weighted by atomic mass is 9.94. The number of aryl methyl sites for hydroxylation is 4. The van der Waals surface area contributed by atoms with Gasteiger partial charge < -0.3 is 20.2 Å². The molecule has 6 heterocycles. The van der Waals surface area contributed by atoms with Crippen LogP contribution in [0.4, 0.5) is 19.0 Å². The number of hydrogen-bond acceptors (Lipinski definition) is 12. The standard InChI is InChI=1S/C25H24FN5O3S2.C23H22FN5O2S2.ClH/c1-17(32)29-25-28-14-24(35-25)36(33,34)31-12-10-19-3-2-4-21(22(19)15-31)23-13-27-16-30(23)11-9-18-5-7-20(26)8-6-18;24-18-6-4-16(5-7-18)8-10-28-15-26-12-21(28)19-3-1-2-17-9-11-29(14-20(17)19)33(30,31)22-13-27-23(25)32-22;/h2-8,13-14,16H,9-12,15H2,1H3,(H,28,29,32);1-7,12-13,15H,8-11,14H2,(H2,25,27);1H. The van der Waals surface area contributed by atoms with Crippen molar-refractivity contribution in [3.8, 4) is 22.5 Å². The Kier molecular flexibility index (Phi) is 15.4. The molecule has 4 aromatic carbocycles. The number of imidazole rings is 2. The summed E-state index contributed by atoms with van der Waals surface area (Å²) in [6.45, 7) is 3.94. The van der Waals surface area contributed by atoms with Crippen LogP contribution in [0, 0.1) is 11.6 Å². The largest absolute Gasteiger partial charge is 0.375 e. The summed E-state index contributed by atoms with van der Waals surface area (Å²) in [4.78, 5) is 27.9. The van der Waals surface area contributed by atoms with Gasteiger partial charge in [0, 0.05) is 57.3 Å². The summed E-state index contributed by atoms with van der Waals surface area (Å²) in [5, 5.41) is 3.02. The number of nitrogen functional groups attached to an aromatic ring is 1. The number of halogens is 3. The molecule has 0 spiro atoms. The number of carbonyl (C=O) groups is 1. The second kappa shape index (κ2) is 21.4. The number of carbonyl (C=O) groups excluding carboxylic acids is 1. The van der Waals surface area contributed by atoms with Crippen molar-refractivity contribution >= 4 is 71.3 Å². The first-order valence-electron chi connectivity index (χ1n) is 21.9. The number of nitrogens with two attached hydrogens (primary N) is 1. The molecule has 10 rings (SSSR count). The first-order valence-corrected chi connectivity index (χ1v) is 26.4. The number of aromatic nitrogens is 6. The SMILES string of the molecule is CC(=O)Nc1ncc(S(=O)(=O)N2CCc3cccc(-c4cncn4CCc4ccc(F)cc4)c3C2)s1.Cl.Nc1ncc(S(=O)(=O)N2CCc3cccc(-c4cncn4CCc4ccc(F)cc4)c3C2)s1. The highest BCUT2D eigenvalue weighted by Gasteiger charge is 2.33. The lowest BCUT2D eigenvalue weighted by Gasteiger charge is -2.29. The third-order valence-corrected chi connectivity index (χ3v) is 18.3. The second-order valence-corrected chi connectivity index (χ2v) is 22.9. The fourth-order valence-corrected chi connectivity index (χ4v) is 13.6.